The lowest BCUT2D eigenvalue weighted by Gasteiger charge is -2.25. The number of nitrogens with zero attached hydrogens (tertiary/aromatic N) is 2. The van der Waals surface area contributed by atoms with E-state index in [0.717, 1.165) is 22.5 Å². The Morgan fingerprint density at radius 2 is 2.16 bits per heavy atom. The van der Waals surface area contributed by atoms with Gasteiger partial charge in [-0.1, -0.05) is 17.7 Å². The SMILES string of the molecule is Cc1cc(-c2ccco2)n(-c2c(Cl)ccc3c2CCNCC3C(CC(=O)O)C(=O)O)n1. The molecule has 0 fully saturated rings. The Kier molecular flexibility index (Phi) is 5.84. The first-order valence-corrected chi connectivity index (χ1v) is 10.3. The highest BCUT2D eigenvalue weighted by Gasteiger charge is 2.35. The number of benzene rings is 1. The van der Waals surface area contributed by atoms with Gasteiger partial charge in [0.1, 0.15) is 5.69 Å². The number of aryl methyl sites for hydroxylation is 1. The van der Waals surface area contributed by atoms with Crippen LogP contribution in [-0.2, 0) is 16.0 Å². The van der Waals surface area contributed by atoms with Crippen molar-refractivity contribution in [1.82, 2.24) is 15.1 Å². The number of carboxylic acids is 2. The summed E-state index contributed by atoms with van der Waals surface area (Å²) in [5.74, 6) is -3.24. The normalized spacial score (nSPS) is 17.0. The highest BCUT2D eigenvalue weighted by Crippen LogP contribution is 2.38. The summed E-state index contributed by atoms with van der Waals surface area (Å²) in [6, 6.07) is 9.04. The van der Waals surface area contributed by atoms with Gasteiger partial charge in [-0.05, 0) is 55.3 Å². The van der Waals surface area contributed by atoms with Gasteiger partial charge in [-0.2, -0.15) is 5.10 Å². The molecule has 2 unspecified atom stereocenters. The van der Waals surface area contributed by atoms with Crippen LogP contribution in [0.15, 0.2) is 41.0 Å². The Morgan fingerprint density at radius 3 is 2.84 bits per heavy atom. The van der Waals surface area contributed by atoms with E-state index in [0.29, 0.717) is 36.0 Å². The molecule has 8 nitrogen and oxygen atoms in total. The summed E-state index contributed by atoms with van der Waals surface area (Å²) >= 11 is 6.64. The lowest BCUT2D eigenvalue weighted by atomic mass is 9.81. The molecule has 0 saturated carbocycles. The van der Waals surface area contributed by atoms with Crippen LogP contribution in [0.2, 0.25) is 5.02 Å². The molecule has 31 heavy (non-hydrogen) atoms. The van der Waals surface area contributed by atoms with Gasteiger partial charge in [0.05, 0.1) is 35.0 Å². The fraction of sp³-hybridized carbons (Fsp3) is 0.318. The van der Waals surface area contributed by atoms with Crippen LogP contribution >= 0.6 is 11.6 Å². The summed E-state index contributed by atoms with van der Waals surface area (Å²) in [4.78, 5) is 23.3. The first kappa shape index (κ1) is 21.1. The molecule has 0 radical (unpaired) electrons. The van der Waals surface area contributed by atoms with Gasteiger partial charge in [0.25, 0.3) is 0 Å². The molecule has 9 heteroatoms. The topological polar surface area (TPSA) is 118 Å². The molecule has 4 rings (SSSR count). The second-order valence-electron chi connectivity index (χ2n) is 7.63. The molecule has 1 aliphatic heterocycles. The van der Waals surface area contributed by atoms with Crippen molar-refractivity contribution in [3.63, 3.8) is 0 Å². The number of fused-ring (bicyclic) bond motifs is 1. The van der Waals surface area contributed by atoms with Crippen LogP contribution in [0.25, 0.3) is 17.1 Å². The average molecular weight is 444 g/mol. The van der Waals surface area contributed by atoms with Crippen molar-refractivity contribution in [2.75, 3.05) is 13.1 Å². The molecule has 0 amide bonds. The fourth-order valence-electron chi connectivity index (χ4n) is 4.26. The number of carboxylic acid groups (broad SMARTS) is 2. The van der Waals surface area contributed by atoms with Crippen molar-refractivity contribution in [2.24, 2.45) is 5.92 Å². The van der Waals surface area contributed by atoms with Gasteiger partial charge in [-0.15, -0.1) is 0 Å². The second-order valence-corrected chi connectivity index (χ2v) is 8.03. The molecule has 3 N–H and O–H groups in total. The van der Waals surface area contributed by atoms with Gasteiger partial charge in [-0.3, -0.25) is 9.59 Å². The summed E-state index contributed by atoms with van der Waals surface area (Å²) in [6.07, 6.45) is 1.72. The maximum Gasteiger partial charge on any atom is 0.307 e. The number of rotatable bonds is 6. The number of aromatic nitrogens is 2. The molecular weight excluding hydrogens is 422 g/mol. The van der Waals surface area contributed by atoms with Gasteiger partial charge in [0.15, 0.2) is 5.76 Å². The summed E-state index contributed by atoms with van der Waals surface area (Å²) in [7, 11) is 0. The van der Waals surface area contributed by atoms with Crippen molar-refractivity contribution in [2.45, 2.75) is 25.7 Å². The largest absolute Gasteiger partial charge is 0.481 e. The van der Waals surface area contributed by atoms with Gasteiger partial charge in [-0.25, -0.2) is 4.68 Å². The molecule has 0 bridgehead atoms. The quantitative estimate of drug-likeness (QED) is 0.533. The summed E-state index contributed by atoms with van der Waals surface area (Å²) < 4.78 is 7.31. The Balaban J connectivity index is 1.90. The molecule has 0 spiro atoms. The monoisotopic (exact) mass is 443 g/mol. The van der Waals surface area contributed by atoms with E-state index in [1.807, 2.05) is 19.1 Å². The van der Waals surface area contributed by atoms with Gasteiger partial charge < -0.3 is 19.9 Å². The van der Waals surface area contributed by atoms with Crippen LogP contribution in [-0.4, -0.2) is 45.0 Å². The number of nitrogens with one attached hydrogen (secondary N) is 1. The highest BCUT2D eigenvalue weighted by atomic mass is 35.5. The van der Waals surface area contributed by atoms with Crippen molar-refractivity contribution >= 4 is 23.5 Å². The molecule has 2 atom stereocenters. The van der Waals surface area contributed by atoms with Gasteiger partial charge in [0.2, 0.25) is 0 Å². The number of hydrogen-bond acceptors (Lipinski definition) is 5. The predicted octanol–water partition coefficient (Wildman–Crippen LogP) is 3.50. The van der Waals surface area contributed by atoms with E-state index in [4.69, 9.17) is 16.0 Å². The molecule has 0 aliphatic carbocycles. The third-order valence-corrected chi connectivity index (χ3v) is 5.90. The van der Waals surface area contributed by atoms with E-state index < -0.39 is 30.2 Å². The van der Waals surface area contributed by atoms with Crippen molar-refractivity contribution < 1.29 is 24.2 Å². The van der Waals surface area contributed by atoms with E-state index in [-0.39, 0.29) is 0 Å². The maximum atomic E-state index is 11.9. The summed E-state index contributed by atoms with van der Waals surface area (Å²) in [5.41, 5.74) is 3.79. The highest BCUT2D eigenvalue weighted by molar-refractivity contribution is 6.32. The zero-order chi connectivity index (χ0) is 22.1. The number of aliphatic carboxylic acids is 2. The van der Waals surface area contributed by atoms with E-state index in [1.165, 1.54) is 0 Å². The van der Waals surface area contributed by atoms with Crippen LogP contribution in [0, 0.1) is 12.8 Å². The number of halogens is 1. The third-order valence-electron chi connectivity index (χ3n) is 5.60. The third kappa shape index (κ3) is 4.08. The first-order valence-electron chi connectivity index (χ1n) is 9.94. The van der Waals surface area contributed by atoms with E-state index in [1.54, 1.807) is 29.1 Å². The zero-order valence-corrected chi connectivity index (χ0v) is 17.6. The molecule has 0 saturated heterocycles. The van der Waals surface area contributed by atoms with Crippen molar-refractivity contribution in [3.05, 3.63) is 58.4 Å². The van der Waals surface area contributed by atoms with Crippen LogP contribution in [0.5, 0.6) is 0 Å². The van der Waals surface area contributed by atoms with Crippen LogP contribution in [0.4, 0.5) is 0 Å². The van der Waals surface area contributed by atoms with Crippen LogP contribution in [0.1, 0.15) is 29.2 Å². The van der Waals surface area contributed by atoms with Crippen molar-refractivity contribution in [3.8, 4) is 17.1 Å². The zero-order valence-electron chi connectivity index (χ0n) is 16.8. The Hall–Kier alpha value is -3.10. The fourth-order valence-corrected chi connectivity index (χ4v) is 4.52. The molecule has 1 aliphatic rings. The molecule has 3 aromatic rings. The average Bonchev–Trinajstić information content (AvgIpc) is 3.31. The smallest absolute Gasteiger partial charge is 0.307 e. The maximum absolute atomic E-state index is 11.9. The predicted molar refractivity (Wildman–Crippen MR) is 114 cm³/mol. The summed E-state index contributed by atoms with van der Waals surface area (Å²) in [5, 5.41) is 27.4. The molecule has 2 aromatic heterocycles. The molecular formula is C22H22ClN3O5. The Labute approximate surface area is 183 Å². The van der Waals surface area contributed by atoms with Crippen LogP contribution < -0.4 is 5.32 Å². The lowest BCUT2D eigenvalue weighted by molar-refractivity contribution is -0.149. The molecule has 1 aromatic carbocycles. The standard InChI is InChI=1S/C22H22ClN3O5/c1-12-9-18(19-3-2-8-31-19)26(25-12)21-14-6-7-24-11-16(13(14)4-5-17(21)23)15(22(29)30)10-20(27)28/h2-5,8-9,15-16,24H,6-7,10-11H2,1H3,(H,27,28)(H,29,30). The van der Waals surface area contributed by atoms with Gasteiger partial charge in [0, 0.05) is 12.5 Å². The minimum absolute atomic E-state index is 0.363. The second kappa shape index (κ2) is 8.56. The Morgan fingerprint density at radius 1 is 1.35 bits per heavy atom. The number of carbonyl (C=O) groups is 2. The molecule has 162 valence electrons. The van der Waals surface area contributed by atoms with E-state index >= 15 is 0 Å². The van der Waals surface area contributed by atoms with Crippen LogP contribution in [0.3, 0.4) is 0 Å². The lowest BCUT2D eigenvalue weighted by Crippen LogP contribution is -2.31. The minimum Gasteiger partial charge on any atom is -0.481 e. The minimum atomic E-state index is -1.14. The first-order chi connectivity index (χ1) is 14.9. The number of furan rings is 1. The van der Waals surface area contributed by atoms with Gasteiger partial charge >= 0.3 is 11.9 Å². The van der Waals surface area contributed by atoms with E-state index in [2.05, 4.69) is 10.4 Å². The Bertz CT molecular complexity index is 1120. The molecule has 3 heterocycles. The number of hydrogen-bond donors (Lipinski definition) is 3. The van der Waals surface area contributed by atoms with Crippen molar-refractivity contribution in [1.29, 1.82) is 0 Å². The summed E-state index contributed by atoms with van der Waals surface area (Å²) in [6.45, 7) is 2.84. The van der Waals surface area contributed by atoms with E-state index in [9.17, 15) is 19.8 Å².